The minimum absolute atomic E-state index is 0.226. The Labute approximate surface area is 149 Å². The molecule has 120 valence electrons. The number of rotatable bonds is 5. The van der Waals surface area contributed by atoms with Crippen molar-refractivity contribution in [1.29, 1.82) is 0 Å². The molecule has 5 heteroatoms. The second-order valence-corrected chi connectivity index (χ2v) is 6.41. The molecular weight excluding hydrogens is 342 g/mol. The normalized spacial score (nSPS) is 10.4. The molecule has 0 heterocycles. The first-order valence-electron chi connectivity index (χ1n) is 7.25. The fourth-order valence-electron chi connectivity index (χ4n) is 2.27. The molecule has 0 aromatic heterocycles. The number of hydrogen-bond donors (Lipinski definition) is 2. The number of carbonyl (C=O) groups is 1. The Kier molecular flexibility index (Phi) is 5.08. The number of benzene rings is 3. The molecule has 0 amide bonds. The van der Waals surface area contributed by atoms with E-state index in [2.05, 4.69) is 4.72 Å². The molecule has 0 atom stereocenters. The summed E-state index contributed by atoms with van der Waals surface area (Å²) in [5, 5.41) is 10.0. The molecule has 3 aromatic carbocycles. The Bertz CT molecular complexity index is 868. The molecule has 2 N–H and O–H groups in total. The highest BCUT2D eigenvalue weighted by molar-refractivity contribution is 8.00. The van der Waals surface area contributed by atoms with Gasteiger partial charge < -0.3 is 9.83 Å². The molecule has 3 nitrogen and oxygen atoms in total. The quantitative estimate of drug-likeness (QED) is 0.566. The second kappa shape index (κ2) is 7.43. The van der Waals surface area contributed by atoms with Crippen molar-refractivity contribution in [1.82, 2.24) is 0 Å². The van der Waals surface area contributed by atoms with Gasteiger partial charge in [-0.25, -0.2) is 4.79 Å². The third kappa shape index (κ3) is 3.91. The SMILES string of the molecule is O=C(O)c1ccc(-c2ccccc2)cc1NSc1cccc(Cl)c1. The molecule has 0 aliphatic heterocycles. The molecule has 3 rings (SSSR count). The number of nitrogens with one attached hydrogen (secondary N) is 1. The third-order valence-electron chi connectivity index (χ3n) is 3.43. The number of carboxylic acids is 1. The van der Waals surface area contributed by atoms with Crippen LogP contribution in [0.3, 0.4) is 0 Å². The van der Waals surface area contributed by atoms with E-state index in [1.807, 2.05) is 60.7 Å². The summed E-state index contributed by atoms with van der Waals surface area (Å²) < 4.78 is 3.13. The third-order valence-corrected chi connectivity index (χ3v) is 4.48. The van der Waals surface area contributed by atoms with E-state index in [0.29, 0.717) is 10.7 Å². The largest absolute Gasteiger partial charge is 0.478 e. The predicted octanol–water partition coefficient (Wildman–Crippen LogP) is 5.82. The van der Waals surface area contributed by atoms with Gasteiger partial charge >= 0.3 is 5.97 Å². The van der Waals surface area contributed by atoms with Crippen molar-refractivity contribution in [2.75, 3.05) is 4.72 Å². The molecule has 0 unspecified atom stereocenters. The standard InChI is InChI=1S/C19H14ClNO2S/c20-15-7-4-8-16(12-15)24-21-18-11-14(9-10-17(18)19(22)23)13-5-2-1-3-6-13/h1-12,21H,(H,22,23). The molecule has 0 radical (unpaired) electrons. The zero-order valence-electron chi connectivity index (χ0n) is 12.6. The number of aromatic carboxylic acids is 1. The molecule has 0 spiro atoms. The van der Waals surface area contributed by atoms with Gasteiger partial charge in [0.1, 0.15) is 0 Å². The van der Waals surface area contributed by atoms with Gasteiger partial charge in [-0.05, 0) is 53.4 Å². The summed E-state index contributed by atoms with van der Waals surface area (Å²) in [5.74, 6) is -0.969. The van der Waals surface area contributed by atoms with Crippen LogP contribution >= 0.6 is 23.5 Å². The Balaban J connectivity index is 1.90. The molecule has 0 saturated carbocycles. The summed E-state index contributed by atoms with van der Waals surface area (Å²) in [6.45, 7) is 0. The van der Waals surface area contributed by atoms with Gasteiger partial charge in [0.2, 0.25) is 0 Å². The first kappa shape index (κ1) is 16.4. The summed E-state index contributed by atoms with van der Waals surface area (Å²) in [6.07, 6.45) is 0. The van der Waals surface area contributed by atoms with Crippen LogP contribution in [0.1, 0.15) is 10.4 Å². The number of anilines is 1. The molecule has 0 aliphatic rings. The zero-order valence-corrected chi connectivity index (χ0v) is 14.1. The van der Waals surface area contributed by atoms with E-state index in [0.717, 1.165) is 16.0 Å². The van der Waals surface area contributed by atoms with Crippen LogP contribution < -0.4 is 4.72 Å². The van der Waals surface area contributed by atoms with Crippen LogP contribution in [0.2, 0.25) is 5.02 Å². The van der Waals surface area contributed by atoms with E-state index < -0.39 is 5.97 Å². The maximum absolute atomic E-state index is 11.5. The van der Waals surface area contributed by atoms with Crippen LogP contribution in [0.25, 0.3) is 11.1 Å². The lowest BCUT2D eigenvalue weighted by atomic mass is 10.0. The maximum atomic E-state index is 11.5. The highest BCUT2D eigenvalue weighted by Gasteiger charge is 2.12. The summed E-state index contributed by atoms with van der Waals surface area (Å²) in [4.78, 5) is 12.4. The summed E-state index contributed by atoms with van der Waals surface area (Å²) in [7, 11) is 0. The first-order valence-corrected chi connectivity index (χ1v) is 8.44. The molecule has 0 saturated heterocycles. The summed E-state index contributed by atoms with van der Waals surface area (Å²) in [5.41, 5.74) is 2.76. The van der Waals surface area contributed by atoms with Crippen molar-refractivity contribution < 1.29 is 9.90 Å². The summed E-state index contributed by atoms with van der Waals surface area (Å²) >= 11 is 7.30. The fourth-order valence-corrected chi connectivity index (χ4v) is 3.25. The molecule has 24 heavy (non-hydrogen) atoms. The number of carboxylic acid groups (broad SMARTS) is 1. The highest BCUT2D eigenvalue weighted by Crippen LogP contribution is 2.30. The predicted molar refractivity (Wildman–Crippen MR) is 99.8 cm³/mol. The van der Waals surface area contributed by atoms with Gasteiger partial charge in [-0.3, -0.25) is 0 Å². The monoisotopic (exact) mass is 355 g/mol. The molecule has 3 aromatic rings. The van der Waals surface area contributed by atoms with Crippen LogP contribution in [0, 0.1) is 0 Å². The lowest BCUT2D eigenvalue weighted by Gasteiger charge is -2.11. The minimum Gasteiger partial charge on any atom is -0.478 e. The second-order valence-electron chi connectivity index (χ2n) is 5.09. The Morgan fingerprint density at radius 1 is 0.917 bits per heavy atom. The van der Waals surface area contributed by atoms with Crippen LogP contribution in [0.4, 0.5) is 5.69 Å². The summed E-state index contributed by atoms with van der Waals surface area (Å²) in [6, 6.07) is 22.5. The Morgan fingerprint density at radius 2 is 1.71 bits per heavy atom. The lowest BCUT2D eigenvalue weighted by Crippen LogP contribution is -2.02. The zero-order chi connectivity index (χ0) is 16.9. The van der Waals surface area contributed by atoms with Crippen LogP contribution in [0.15, 0.2) is 77.7 Å². The average molecular weight is 356 g/mol. The van der Waals surface area contributed by atoms with E-state index in [1.54, 1.807) is 12.1 Å². The molecule has 0 bridgehead atoms. The van der Waals surface area contributed by atoms with E-state index in [-0.39, 0.29) is 5.56 Å². The topological polar surface area (TPSA) is 49.3 Å². The van der Waals surface area contributed by atoms with Crippen LogP contribution in [-0.2, 0) is 0 Å². The highest BCUT2D eigenvalue weighted by atomic mass is 35.5. The van der Waals surface area contributed by atoms with Gasteiger partial charge in [0.15, 0.2) is 0 Å². The van der Waals surface area contributed by atoms with Crippen molar-refractivity contribution >= 4 is 35.2 Å². The van der Waals surface area contributed by atoms with Gasteiger partial charge in [0, 0.05) is 9.92 Å². The fraction of sp³-hybridized carbons (Fsp3) is 0. The van der Waals surface area contributed by atoms with Crippen molar-refractivity contribution in [3.63, 3.8) is 0 Å². The van der Waals surface area contributed by atoms with Crippen molar-refractivity contribution in [2.24, 2.45) is 0 Å². The van der Waals surface area contributed by atoms with Gasteiger partial charge in [0.05, 0.1) is 11.3 Å². The van der Waals surface area contributed by atoms with Crippen molar-refractivity contribution in [3.05, 3.63) is 83.4 Å². The van der Waals surface area contributed by atoms with Crippen LogP contribution in [0.5, 0.6) is 0 Å². The van der Waals surface area contributed by atoms with Gasteiger partial charge in [0.25, 0.3) is 0 Å². The molecular formula is C19H14ClNO2S. The van der Waals surface area contributed by atoms with Gasteiger partial charge in [-0.15, -0.1) is 0 Å². The average Bonchev–Trinajstić information content (AvgIpc) is 2.60. The van der Waals surface area contributed by atoms with E-state index in [4.69, 9.17) is 11.6 Å². The van der Waals surface area contributed by atoms with E-state index in [1.165, 1.54) is 11.9 Å². The van der Waals surface area contributed by atoms with Gasteiger partial charge in [-0.1, -0.05) is 54.1 Å². The van der Waals surface area contributed by atoms with Crippen LogP contribution in [-0.4, -0.2) is 11.1 Å². The van der Waals surface area contributed by atoms with Crippen molar-refractivity contribution in [2.45, 2.75) is 4.90 Å². The minimum atomic E-state index is -0.969. The van der Waals surface area contributed by atoms with Crippen molar-refractivity contribution in [3.8, 4) is 11.1 Å². The Hall–Kier alpha value is -2.43. The number of halogens is 1. The Morgan fingerprint density at radius 3 is 2.42 bits per heavy atom. The first-order chi connectivity index (χ1) is 11.6. The maximum Gasteiger partial charge on any atom is 0.337 e. The number of hydrogen-bond acceptors (Lipinski definition) is 3. The smallest absolute Gasteiger partial charge is 0.337 e. The van der Waals surface area contributed by atoms with Gasteiger partial charge in [-0.2, -0.15) is 0 Å². The lowest BCUT2D eigenvalue weighted by molar-refractivity contribution is 0.0698. The molecule has 0 aliphatic carbocycles. The van der Waals surface area contributed by atoms with E-state index in [9.17, 15) is 9.90 Å². The van der Waals surface area contributed by atoms with E-state index >= 15 is 0 Å². The molecule has 0 fully saturated rings.